The number of nitrogens with one attached hydrogen (secondary N) is 1. The van der Waals surface area contributed by atoms with E-state index < -0.39 is 11.9 Å². The second-order valence-electron chi connectivity index (χ2n) is 5.01. The minimum Gasteiger partial charge on any atom is -0.478 e. The van der Waals surface area contributed by atoms with Crippen LogP contribution in [0.15, 0.2) is 65.1 Å². The summed E-state index contributed by atoms with van der Waals surface area (Å²) in [6.07, 6.45) is 0. The molecule has 0 unspecified atom stereocenters. The number of carbonyl (C=O) groups is 2. The van der Waals surface area contributed by atoms with Gasteiger partial charge in [-0.05, 0) is 47.2 Å². The van der Waals surface area contributed by atoms with E-state index in [2.05, 4.69) is 21.2 Å². The molecule has 4 nitrogen and oxygen atoms in total. The Kier molecular flexibility index (Phi) is 4.12. The number of carbonyl (C=O) groups excluding carboxylic acids is 1. The first kappa shape index (κ1) is 15.2. The highest BCUT2D eigenvalue weighted by atomic mass is 79.9. The maximum Gasteiger partial charge on any atom is 0.336 e. The first-order valence-electron chi connectivity index (χ1n) is 6.87. The predicted molar refractivity (Wildman–Crippen MR) is 93.0 cm³/mol. The summed E-state index contributed by atoms with van der Waals surface area (Å²) in [7, 11) is 0. The molecular weight excluding hydrogens is 358 g/mol. The lowest BCUT2D eigenvalue weighted by atomic mass is 10.00. The van der Waals surface area contributed by atoms with E-state index in [1.165, 1.54) is 6.07 Å². The van der Waals surface area contributed by atoms with Gasteiger partial charge in [-0.15, -0.1) is 0 Å². The molecule has 0 saturated carbocycles. The van der Waals surface area contributed by atoms with Crippen LogP contribution < -0.4 is 5.32 Å². The van der Waals surface area contributed by atoms with Crippen molar-refractivity contribution in [1.29, 1.82) is 0 Å². The van der Waals surface area contributed by atoms with Crippen LogP contribution in [0.4, 0.5) is 5.69 Å². The van der Waals surface area contributed by atoms with Gasteiger partial charge in [0.1, 0.15) is 0 Å². The van der Waals surface area contributed by atoms with Gasteiger partial charge in [-0.2, -0.15) is 0 Å². The number of fused-ring (bicyclic) bond motifs is 1. The van der Waals surface area contributed by atoms with Crippen LogP contribution in [0, 0.1) is 0 Å². The smallest absolute Gasteiger partial charge is 0.336 e. The fourth-order valence-corrected chi connectivity index (χ4v) is 2.60. The number of carboxylic acids is 1. The van der Waals surface area contributed by atoms with E-state index in [-0.39, 0.29) is 11.1 Å². The van der Waals surface area contributed by atoms with Crippen molar-refractivity contribution in [2.45, 2.75) is 0 Å². The zero-order chi connectivity index (χ0) is 16.4. The molecule has 0 radical (unpaired) electrons. The molecule has 0 fully saturated rings. The van der Waals surface area contributed by atoms with Crippen molar-refractivity contribution in [3.8, 4) is 0 Å². The monoisotopic (exact) mass is 369 g/mol. The molecule has 23 heavy (non-hydrogen) atoms. The van der Waals surface area contributed by atoms with E-state index >= 15 is 0 Å². The Morgan fingerprint density at radius 2 is 1.43 bits per heavy atom. The third kappa shape index (κ3) is 3.24. The Balaban J connectivity index is 2.02. The molecule has 2 N–H and O–H groups in total. The summed E-state index contributed by atoms with van der Waals surface area (Å²) in [5, 5.41) is 13.7. The maximum atomic E-state index is 12.5. The molecule has 3 rings (SSSR count). The van der Waals surface area contributed by atoms with Gasteiger partial charge in [0.05, 0.1) is 11.1 Å². The summed E-state index contributed by atoms with van der Waals surface area (Å²) in [4.78, 5) is 24.0. The predicted octanol–water partition coefficient (Wildman–Crippen LogP) is 4.55. The zero-order valence-corrected chi connectivity index (χ0v) is 13.5. The summed E-state index contributed by atoms with van der Waals surface area (Å²) in [5.74, 6) is -1.58. The highest BCUT2D eigenvalue weighted by Gasteiger charge is 2.17. The fourth-order valence-electron chi connectivity index (χ4n) is 2.34. The number of hydrogen-bond donors (Lipinski definition) is 2. The standard InChI is InChI=1S/C18H12BrNO3/c19-13-5-7-14(8-6-13)20-17(21)15-9-11-3-1-2-4-12(11)10-16(15)18(22)23/h1-10H,(H,20,21)(H,22,23). The van der Waals surface area contributed by atoms with Crippen molar-refractivity contribution in [3.63, 3.8) is 0 Å². The molecule has 114 valence electrons. The van der Waals surface area contributed by atoms with Gasteiger partial charge in [0, 0.05) is 10.2 Å². The van der Waals surface area contributed by atoms with Gasteiger partial charge >= 0.3 is 5.97 Å². The largest absolute Gasteiger partial charge is 0.478 e. The van der Waals surface area contributed by atoms with Gasteiger partial charge in [-0.3, -0.25) is 4.79 Å². The first-order chi connectivity index (χ1) is 11.0. The van der Waals surface area contributed by atoms with E-state index in [4.69, 9.17) is 0 Å². The van der Waals surface area contributed by atoms with Gasteiger partial charge in [0.15, 0.2) is 0 Å². The normalized spacial score (nSPS) is 10.5. The molecule has 0 saturated heterocycles. The second kappa shape index (κ2) is 6.22. The summed E-state index contributed by atoms with van der Waals surface area (Å²) < 4.78 is 0.896. The van der Waals surface area contributed by atoms with Gasteiger partial charge in [0.25, 0.3) is 5.91 Å². The molecule has 0 aliphatic carbocycles. The van der Waals surface area contributed by atoms with Crippen LogP contribution in [0.3, 0.4) is 0 Å². The number of carboxylic acid groups (broad SMARTS) is 1. The molecule has 0 aliphatic heterocycles. The Labute approximate surface area is 140 Å². The highest BCUT2D eigenvalue weighted by Crippen LogP contribution is 2.22. The lowest BCUT2D eigenvalue weighted by Gasteiger charge is -2.10. The molecular formula is C18H12BrNO3. The van der Waals surface area contributed by atoms with Gasteiger partial charge in [-0.25, -0.2) is 4.79 Å². The van der Waals surface area contributed by atoms with Crippen molar-refractivity contribution >= 4 is 44.3 Å². The van der Waals surface area contributed by atoms with Crippen molar-refractivity contribution in [2.24, 2.45) is 0 Å². The third-order valence-corrected chi connectivity index (χ3v) is 3.99. The Hall–Kier alpha value is -2.66. The SMILES string of the molecule is O=C(O)c1cc2ccccc2cc1C(=O)Nc1ccc(Br)cc1. The van der Waals surface area contributed by atoms with Crippen LogP contribution in [-0.2, 0) is 0 Å². The van der Waals surface area contributed by atoms with Crippen molar-refractivity contribution in [1.82, 2.24) is 0 Å². The molecule has 0 heterocycles. The minimum atomic E-state index is -1.13. The highest BCUT2D eigenvalue weighted by molar-refractivity contribution is 9.10. The van der Waals surface area contributed by atoms with E-state index in [9.17, 15) is 14.7 Å². The van der Waals surface area contributed by atoms with E-state index in [1.54, 1.807) is 30.3 Å². The average molecular weight is 370 g/mol. The Bertz CT molecular complexity index is 904. The van der Waals surface area contributed by atoms with Crippen LogP contribution in [-0.4, -0.2) is 17.0 Å². The molecule has 0 spiro atoms. The van der Waals surface area contributed by atoms with Crippen LogP contribution in [0.2, 0.25) is 0 Å². The molecule has 0 aliphatic rings. The van der Waals surface area contributed by atoms with E-state index in [0.717, 1.165) is 15.2 Å². The lowest BCUT2D eigenvalue weighted by molar-refractivity contribution is 0.0692. The minimum absolute atomic E-state index is 0.0155. The van der Waals surface area contributed by atoms with Crippen molar-refractivity contribution in [3.05, 3.63) is 76.3 Å². The van der Waals surface area contributed by atoms with Gasteiger partial charge in [-0.1, -0.05) is 40.2 Å². The number of rotatable bonds is 3. The van der Waals surface area contributed by atoms with Crippen LogP contribution in [0.25, 0.3) is 10.8 Å². The van der Waals surface area contributed by atoms with Crippen LogP contribution in [0.5, 0.6) is 0 Å². The van der Waals surface area contributed by atoms with Crippen LogP contribution in [0.1, 0.15) is 20.7 Å². The quantitative estimate of drug-likeness (QED) is 0.711. The fraction of sp³-hybridized carbons (Fsp3) is 0. The van der Waals surface area contributed by atoms with Gasteiger partial charge < -0.3 is 10.4 Å². The number of benzene rings is 3. The van der Waals surface area contributed by atoms with E-state index in [1.807, 2.05) is 24.3 Å². The number of anilines is 1. The molecule has 0 atom stereocenters. The topological polar surface area (TPSA) is 66.4 Å². The summed E-state index contributed by atoms with van der Waals surface area (Å²) in [6.45, 7) is 0. The first-order valence-corrected chi connectivity index (χ1v) is 7.67. The Morgan fingerprint density at radius 3 is 2.00 bits per heavy atom. The second-order valence-corrected chi connectivity index (χ2v) is 5.93. The third-order valence-electron chi connectivity index (χ3n) is 3.46. The maximum absolute atomic E-state index is 12.5. The van der Waals surface area contributed by atoms with Crippen molar-refractivity contribution in [2.75, 3.05) is 5.32 Å². The molecule has 0 aromatic heterocycles. The molecule has 3 aromatic carbocycles. The molecule has 0 bridgehead atoms. The number of aromatic carboxylic acids is 1. The number of halogens is 1. The lowest BCUT2D eigenvalue weighted by Crippen LogP contribution is -2.16. The van der Waals surface area contributed by atoms with E-state index in [0.29, 0.717) is 5.69 Å². The zero-order valence-electron chi connectivity index (χ0n) is 11.9. The average Bonchev–Trinajstić information content (AvgIpc) is 2.55. The number of amides is 1. The van der Waals surface area contributed by atoms with Crippen molar-refractivity contribution < 1.29 is 14.7 Å². The number of hydrogen-bond acceptors (Lipinski definition) is 2. The molecule has 3 aromatic rings. The Morgan fingerprint density at radius 1 is 0.870 bits per heavy atom. The summed E-state index contributed by atoms with van der Waals surface area (Å²) >= 11 is 3.32. The van der Waals surface area contributed by atoms with Crippen LogP contribution >= 0.6 is 15.9 Å². The molecule has 1 amide bonds. The summed E-state index contributed by atoms with van der Waals surface area (Å²) in [5.41, 5.74) is 0.722. The molecule has 5 heteroatoms. The van der Waals surface area contributed by atoms with Gasteiger partial charge in [0.2, 0.25) is 0 Å². The summed E-state index contributed by atoms with van der Waals surface area (Å²) in [6, 6.07) is 17.5.